The average molecular weight is 497 g/mol. The van der Waals surface area contributed by atoms with Crippen LogP contribution < -0.4 is 20.3 Å². The second-order valence-electron chi connectivity index (χ2n) is 8.00. The number of carbonyl (C=O) groups excluding carboxylic acids is 1. The van der Waals surface area contributed by atoms with Crippen LogP contribution in [0, 0.1) is 5.82 Å². The number of nitrogens with one attached hydrogen (secondary N) is 3. The van der Waals surface area contributed by atoms with Crippen molar-refractivity contribution in [3.63, 3.8) is 0 Å². The highest BCUT2D eigenvalue weighted by Crippen LogP contribution is 2.31. The first kappa shape index (κ1) is 23.7. The normalized spacial score (nSPS) is 18.8. The number of piperazine rings is 1. The maximum absolute atomic E-state index is 13.5. The minimum absolute atomic E-state index is 0.00438. The molecule has 2 aromatic rings. The van der Waals surface area contributed by atoms with Crippen LogP contribution in [0.2, 0.25) is 5.02 Å². The Morgan fingerprint density at radius 3 is 2.70 bits per heavy atom. The smallest absolute Gasteiger partial charge is 0.262 e. The molecular formula is C22H26ClFN4O4S. The molecule has 2 fully saturated rings. The number of hydrogen-bond acceptors (Lipinski definition) is 6. The maximum atomic E-state index is 13.5. The van der Waals surface area contributed by atoms with Crippen LogP contribution in [-0.4, -0.2) is 59.8 Å². The molecule has 2 aliphatic rings. The number of ether oxygens (including phenoxy) is 1. The van der Waals surface area contributed by atoms with Crippen molar-refractivity contribution in [3.05, 3.63) is 52.8 Å². The van der Waals surface area contributed by atoms with Crippen molar-refractivity contribution < 1.29 is 22.3 Å². The molecule has 11 heteroatoms. The lowest BCUT2D eigenvalue weighted by molar-refractivity contribution is 0.0858. The molecule has 2 aliphatic heterocycles. The number of benzene rings is 2. The SMILES string of the molecule is O=C(NC[C@@H]1CCCO1)c1ccc(N2CCNCC2)c(NS(=O)(=O)c2ccc(F)c(Cl)c2)c1. The zero-order chi connectivity index (χ0) is 23.4. The van der Waals surface area contributed by atoms with E-state index in [1.807, 2.05) is 4.90 Å². The lowest BCUT2D eigenvalue weighted by Crippen LogP contribution is -2.43. The van der Waals surface area contributed by atoms with E-state index >= 15 is 0 Å². The summed E-state index contributed by atoms with van der Waals surface area (Å²) in [6.07, 6.45) is 1.86. The molecule has 2 heterocycles. The summed E-state index contributed by atoms with van der Waals surface area (Å²) in [5, 5.41) is 5.82. The second kappa shape index (κ2) is 10.3. The molecule has 178 valence electrons. The predicted molar refractivity (Wildman–Crippen MR) is 125 cm³/mol. The summed E-state index contributed by atoms with van der Waals surface area (Å²) < 4.78 is 47.7. The molecule has 0 unspecified atom stereocenters. The second-order valence-corrected chi connectivity index (χ2v) is 10.1. The van der Waals surface area contributed by atoms with Crippen LogP contribution in [-0.2, 0) is 14.8 Å². The summed E-state index contributed by atoms with van der Waals surface area (Å²) in [5.41, 5.74) is 1.24. The molecule has 0 radical (unpaired) electrons. The molecule has 2 aromatic carbocycles. The molecule has 0 spiro atoms. The minimum Gasteiger partial charge on any atom is -0.376 e. The van der Waals surface area contributed by atoms with E-state index in [4.69, 9.17) is 16.3 Å². The molecule has 0 saturated carbocycles. The van der Waals surface area contributed by atoms with Gasteiger partial charge in [-0.2, -0.15) is 0 Å². The van der Waals surface area contributed by atoms with Crippen molar-refractivity contribution in [1.29, 1.82) is 0 Å². The number of hydrogen-bond donors (Lipinski definition) is 3. The maximum Gasteiger partial charge on any atom is 0.262 e. The Kier molecular flexibility index (Phi) is 7.38. The van der Waals surface area contributed by atoms with Gasteiger partial charge in [-0.1, -0.05) is 11.6 Å². The fourth-order valence-corrected chi connectivity index (χ4v) is 5.24. The molecular weight excluding hydrogens is 471 g/mol. The summed E-state index contributed by atoms with van der Waals surface area (Å²) in [5.74, 6) is -1.02. The largest absolute Gasteiger partial charge is 0.376 e. The number of anilines is 2. The van der Waals surface area contributed by atoms with E-state index < -0.39 is 15.8 Å². The van der Waals surface area contributed by atoms with Crippen LogP contribution in [0.5, 0.6) is 0 Å². The van der Waals surface area contributed by atoms with Crippen molar-refractivity contribution in [2.75, 3.05) is 49.0 Å². The van der Waals surface area contributed by atoms with E-state index in [2.05, 4.69) is 15.4 Å². The van der Waals surface area contributed by atoms with Crippen LogP contribution in [0.25, 0.3) is 0 Å². The third-order valence-corrected chi connectivity index (χ3v) is 7.33. The van der Waals surface area contributed by atoms with E-state index in [1.165, 1.54) is 6.07 Å². The Labute approximate surface area is 197 Å². The molecule has 33 heavy (non-hydrogen) atoms. The van der Waals surface area contributed by atoms with E-state index in [-0.39, 0.29) is 27.6 Å². The monoisotopic (exact) mass is 496 g/mol. The molecule has 0 aromatic heterocycles. The highest BCUT2D eigenvalue weighted by atomic mass is 35.5. The van der Waals surface area contributed by atoms with Crippen LogP contribution in [0.1, 0.15) is 23.2 Å². The van der Waals surface area contributed by atoms with Gasteiger partial charge in [0, 0.05) is 44.9 Å². The number of carbonyl (C=O) groups is 1. The standard InChI is InChI=1S/C22H26ClFN4O4S/c23-18-13-17(4-5-19(18)24)33(30,31)27-20-12-15(22(29)26-14-16-2-1-11-32-16)3-6-21(20)28-9-7-25-8-10-28/h3-6,12-13,16,25,27H,1-2,7-11,14H2,(H,26,29)/t16-/m0/s1. The topological polar surface area (TPSA) is 99.8 Å². The van der Waals surface area contributed by atoms with Gasteiger partial charge in [0.05, 0.1) is 27.4 Å². The molecule has 1 atom stereocenters. The van der Waals surface area contributed by atoms with Gasteiger partial charge < -0.3 is 20.3 Å². The number of sulfonamides is 1. The van der Waals surface area contributed by atoms with Crippen molar-refractivity contribution in [1.82, 2.24) is 10.6 Å². The Bertz CT molecular complexity index is 1120. The zero-order valence-corrected chi connectivity index (χ0v) is 19.5. The minimum atomic E-state index is -4.08. The van der Waals surface area contributed by atoms with E-state index in [0.717, 1.165) is 44.1 Å². The lowest BCUT2D eigenvalue weighted by atomic mass is 10.1. The van der Waals surface area contributed by atoms with Crippen molar-refractivity contribution >= 4 is 38.9 Å². The number of nitrogens with zero attached hydrogens (tertiary/aromatic N) is 1. The fraction of sp³-hybridized carbons (Fsp3) is 0.409. The Morgan fingerprint density at radius 2 is 2.00 bits per heavy atom. The fourth-order valence-electron chi connectivity index (χ4n) is 3.90. The van der Waals surface area contributed by atoms with Crippen molar-refractivity contribution in [3.8, 4) is 0 Å². The van der Waals surface area contributed by atoms with Gasteiger partial charge in [0.15, 0.2) is 0 Å². The Hall–Kier alpha value is -2.40. The van der Waals surface area contributed by atoms with Gasteiger partial charge in [-0.05, 0) is 49.2 Å². The van der Waals surface area contributed by atoms with Crippen LogP contribution in [0.4, 0.5) is 15.8 Å². The number of rotatable bonds is 7. The number of halogens is 2. The summed E-state index contributed by atoms with van der Waals surface area (Å²) >= 11 is 5.79. The van der Waals surface area contributed by atoms with E-state index in [9.17, 15) is 17.6 Å². The van der Waals surface area contributed by atoms with Gasteiger partial charge in [-0.3, -0.25) is 9.52 Å². The summed E-state index contributed by atoms with van der Waals surface area (Å²) in [4.78, 5) is 14.6. The van der Waals surface area contributed by atoms with Gasteiger partial charge in [0.1, 0.15) is 5.82 Å². The van der Waals surface area contributed by atoms with E-state index in [0.29, 0.717) is 37.5 Å². The van der Waals surface area contributed by atoms with Crippen LogP contribution >= 0.6 is 11.6 Å². The van der Waals surface area contributed by atoms with Gasteiger partial charge in [-0.25, -0.2) is 12.8 Å². The predicted octanol–water partition coefficient (Wildman–Crippen LogP) is 2.60. The van der Waals surface area contributed by atoms with Gasteiger partial charge in [0.25, 0.3) is 15.9 Å². The summed E-state index contributed by atoms with van der Waals surface area (Å²) in [7, 11) is -4.08. The van der Waals surface area contributed by atoms with Gasteiger partial charge in [0.2, 0.25) is 0 Å². The van der Waals surface area contributed by atoms with Crippen molar-refractivity contribution in [2.24, 2.45) is 0 Å². The first-order valence-corrected chi connectivity index (χ1v) is 12.7. The molecule has 8 nitrogen and oxygen atoms in total. The lowest BCUT2D eigenvalue weighted by Gasteiger charge is -2.31. The van der Waals surface area contributed by atoms with Gasteiger partial charge in [-0.15, -0.1) is 0 Å². The molecule has 2 saturated heterocycles. The third-order valence-electron chi connectivity index (χ3n) is 5.68. The first-order chi connectivity index (χ1) is 15.8. The average Bonchev–Trinajstić information content (AvgIpc) is 3.33. The quantitative estimate of drug-likeness (QED) is 0.545. The zero-order valence-electron chi connectivity index (χ0n) is 17.9. The molecule has 0 aliphatic carbocycles. The first-order valence-electron chi connectivity index (χ1n) is 10.8. The molecule has 4 rings (SSSR count). The third kappa shape index (κ3) is 5.75. The van der Waals surface area contributed by atoms with E-state index in [1.54, 1.807) is 12.1 Å². The molecule has 0 bridgehead atoms. The number of amides is 1. The molecule has 3 N–H and O–H groups in total. The summed E-state index contributed by atoms with van der Waals surface area (Å²) in [6, 6.07) is 8.14. The highest BCUT2D eigenvalue weighted by molar-refractivity contribution is 7.92. The Morgan fingerprint density at radius 1 is 1.21 bits per heavy atom. The summed E-state index contributed by atoms with van der Waals surface area (Å²) in [6.45, 7) is 3.96. The molecule has 1 amide bonds. The van der Waals surface area contributed by atoms with Gasteiger partial charge >= 0.3 is 0 Å². The van der Waals surface area contributed by atoms with Crippen molar-refractivity contribution in [2.45, 2.75) is 23.8 Å². The Balaban J connectivity index is 1.61. The van der Waals surface area contributed by atoms with Crippen LogP contribution in [0.15, 0.2) is 41.3 Å². The van der Waals surface area contributed by atoms with Crippen LogP contribution in [0.3, 0.4) is 0 Å². The highest BCUT2D eigenvalue weighted by Gasteiger charge is 2.23.